The highest BCUT2D eigenvalue weighted by Gasteiger charge is 2.11. The number of methoxy groups -OCH3 is 1. The minimum absolute atomic E-state index is 0.0338. The van der Waals surface area contributed by atoms with E-state index in [0.29, 0.717) is 18.0 Å². The van der Waals surface area contributed by atoms with Crippen LogP contribution < -0.4 is 9.46 Å². The van der Waals surface area contributed by atoms with Crippen LogP contribution >= 0.6 is 0 Å². The highest BCUT2D eigenvalue weighted by Crippen LogP contribution is 2.18. The topological polar surface area (TPSA) is 55.4 Å². The molecular formula is C18H23NO3S. The molecule has 2 aromatic carbocycles. The van der Waals surface area contributed by atoms with Crippen molar-refractivity contribution in [2.24, 2.45) is 0 Å². The molecule has 0 spiro atoms. The molecule has 0 amide bonds. The molecule has 0 aliphatic carbocycles. The van der Waals surface area contributed by atoms with Gasteiger partial charge in [-0.05, 0) is 47.7 Å². The SMILES string of the molecule is COc1cccc(CCS(=O)(=O)Nc2ccc(C(C)C)cc2)c1. The van der Waals surface area contributed by atoms with Gasteiger partial charge in [0.1, 0.15) is 5.75 Å². The van der Waals surface area contributed by atoms with E-state index in [1.54, 1.807) is 19.2 Å². The van der Waals surface area contributed by atoms with Crippen LogP contribution in [-0.4, -0.2) is 21.3 Å². The first-order valence-corrected chi connectivity index (χ1v) is 9.28. The van der Waals surface area contributed by atoms with Gasteiger partial charge in [0, 0.05) is 5.69 Å². The molecule has 2 rings (SSSR count). The predicted molar refractivity (Wildman–Crippen MR) is 94.6 cm³/mol. The van der Waals surface area contributed by atoms with Crippen molar-refractivity contribution >= 4 is 15.7 Å². The number of hydrogen-bond donors (Lipinski definition) is 1. The second kappa shape index (κ2) is 7.51. The number of aryl methyl sites for hydroxylation is 1. The first kappa shape index (κ1) is 17.3. The van der Waals surface area contributed by atoms with E-state index in [4.69, 9.17) is 4.74 Å². The molecule has 0 saturated carbocycles. The molecule has 0 unspecified atom stereocenters. The van der Waals surface area contributed by atoms with Gasteiger partial charge < -0.3 is 4.74 Å². The molecule has 0 aliphatic heterocycles. The lowest BCUT2D eigenvalue weighted by atomic mass is 10.0. The zero-order chi connectivity index (χ0) is 16.9. The Morgan fingerprint density at radius 3 is 2.39 bits per heavy atom. The number of rotatable bonds is 7. The molecule has 1 N–H and O–H groups in total. The molecule has 0 saturated heterocycles. The molecule has 0 radical (unpaired) electrons. The van der Waals surface area contributed by atoms with Gasteiger partial charge in [-0.1, -0.05) is 38.1 Å². The van der Waals surface area contributed by atoms with E-state index in [9.17, 15) is 8.42 Å². The summed E-state index contributed by atoms with van der Waals surface area (Å²) in [5.41, 5.74) is 2.72. The third-order valence-corrected chi connectivity index (χ3v) is 4.93. The summed E-state index contributed by atoms with van der Waals surface area (Å²) in [6, 6.07) is 15.0. The van der Waals surface area contributed by atoms with Crippen LogP contribution in [-0.2, 0) is 16.4 Å². The van der Waals surface area contributed by atoms with Gasteiger partial charge in [0.15, 0.2) is 0 Å². The van der Waals surface area contributed by atoms with E-state index in [1.165, 1.54) is 5.56 Å². The first-order chi connectivity index (χ1) is 10.9. The largest absolute Gasteiger partial charge is 0.497 e. The summed E-state index contributed by atoms with van der Waals surface area (Å²) < 4.78 is 32.2. The van der Waals surface area contributed by atoms with E-state index >= 15 is 0 Å². The van der Waals surface area contributed by atoms with Gasteiger partial charge in [0.05, 0.1) is 12.9 Å². The fourth-order valence-corrected chi connectivity index (χ4v) is 3.35. The molecule has 0 bridgehead atoms. The van der Waals surface area contributed by atoms with Crippen LogP contribution in [0, 0.1) is 0 Å². The number of benzene rings is 2. The van der Waals surface area contributed by atoms with Crippen LogP contribution in [0.5, 0.6) is 5.75 Å². The van der Waals surface area contributed by atoms with Crippen molar-refractivity contribution in [2.75, 3.05) is 17.6 Å². The van der Waals surface area contributed by atoms with Gasteiger partial charge in [0.25, 0.3) is 0 Å². The van der Waals surface area contributed by atoms with Crippen molar-refractivity contribution in [3.8, 4) is 5.75 Å². The zero-order valence-corrected chi connectivity index (χ0v) is 14.6. The minimum atomic E-state index is -3.38. The Balaban J connectivity index is 1.98. The maximum atomic E-state index is 12.2. The summed E-state index contributed by atoms with van der Waals surface area (Å²) in [6.07, 6.45) is 0.441. The maximum absolute atomic E-state index is 12.2. The Morgan fingerprint density at radius 1 is 1.09 bits per heavy atom. The fourth-order valence-electron chi connectivity index (χ4n) is 2.25. The number of sulfonamides is 1. The molecule has 0 atom stereocenters. The van der Waals surface area contributed by atoms with Crippen LogP contribution in [0.1, 0.15) is 30.9 Å². The van der Waals surface area contributed by atoms with Crippen LogP contribution in [0.25, 0.3) is 0 Å². The Bertz CT molecular complexity index is 737. The monoisotopic (exact) mass is 333 g/mol. The van der Waals surface area contributed by atoms with E-state index in [-0.39, 0.29) is 5.75 Å². The lowest BCUT2D eigenvalue weighted by Crippen LogP contribution is -2.18. The van der Waals surface area contributed by atoms with Gasteiger partial charge in [-0.25, -0.2) is 8.42 Å². The van der Waals surface area contributed by atoms with E-state index in [0.717, 1.165) is 11.3 Å². The first-order valence-electron chi connectivity index (χ1n) is 7.63. The lowest BCUT2D eigenvalue weighted by Gasteiger charge is -2.10. The summed E-state index contributed by atoms with van der Waals surface area (Å²) in [5.74, 6) is 1.19. The second-order valence-corrected chi connectivity index (χ2v) is 7.64. The van der Waals surface area contributed by atoms with E-state index < -0.39 is 10.0 Å². The van der Waals surface area contributed by atoms with Gasteiger partial charge in [-0.15, -0.1) is 0 Å². The highest BCUT2D eigenvalue weighted by molar-refractivity contribution is 7.92. The van der Waals surface area contributed by atoms with E-state index in [1.807, 2.05) is 36.4 Å². The number of ether oxygens (including phenoxy) is 1. The van der Waals surface area contributed by atoms with Crippen molar-refractivity contribution in [3.63, 3.8) is 0 Å². The van der Waals surface area contributed by atoms with Crippen molar-refractivity contribution < 1.29 is 13.2 Å². The van der Waals surface area contributed by atoms with E-state index in [2.05, 4.69) is 18.6 Å². The van der Waals surface area contributed by atoms with Gasteiger partial charge in [-0.2, -0.15) is 0 Å². The smallest absolute Gasteiger partial charge is 0.233 e. The summed E-state index contributed by atoms with van der Waals surface area (Å²) >= 11 is 0. The average Bonchev–Trinajstić information content (AvgIpc) is 2.53. The quantitative estimate of drug-likeness (QED) is 0.838. The molecule has 23 heavy (non-hydrogen) atoms. The molecule has 2 aromatic rings. The number of hydrogen-bond acceptors (Lipinski definition) is 3. The van der Waals surface area contributed by atoms with Crippen molar-refractivity contribution in [1.29, 1.82) is 0 Å². The average molecular weight is 333 g/mol. The Morgan fingerprint density at radius 2 is 1.78 bits per heavy atom. The molecule has 124 valence electrons. The molecule has 0 aromatic heterocycles. The molecular weight excluding hydrogens is 310 g/mol. The van der Waals surface area contributed by atoms with Crippen LogP contribution in [0.4, 0.5) is 5.69 Å². The predicted octanol–water partition coefficient (Wildman–Crippen LogP) is 3.80. The van der Waals surface area contributed by atoms with Crippen molar-refractivity contribution in [2.45, 2.75) is 26.2 Å². The standard InChI is InChI=1S/C18H23NO3S/c1-14(2)16-7-9-17(10-8-16)19-23(20,21)12-11-15-5-4-6-18(13-15)22-3/h4-10,13-14,19H,11-12H2,1-3H3. The minimum Gasteiger partial charge on any atom is -0.497 e. The summed E-state index contributed by atoms with van der Waals surface area (Å²) in [6.45, 7) is 4.21. The van der Waals surface area contributed by atoms with Gasteiger partial charge in [-0.3, -0.25) is 4.72 Å². The summed E-state index contributed by atoms with van der Waals surface area (Å²) in [7, 11) is -1.78. The molecule has 0 fully saturated rings. The highest BCUT2D eigenvalue weighted by atomic mass is 32.2. The van der Waals surface area contributed by atoms with Crippen molar-refractivity contribution in [3.05, 3.63) is 59.7 Å². The Hall–Kier alpha value is -2.01. The maximum Gasteiger partial charge on any atom is 0.233 e. The zero-order valence-electron chi connectivity index (χ0n) is 13.7. The lowest BCUT2D eigenvalue weighted by molar-refractivity contribution is 0.414. The third kappa shape index (κ3) is 5.28. The molecule has 0 heterocycles. The summed E-state index contributed by atoms with van der Waals surface area (Å²) in [5, 5.41) is 0. The fraction of sp³-hybridized carbons (Fsp3) is 0.333. The molecule has 5 heteroatoms. The van der Waals surface area contributed by atoms with Crippen LogP contribution in [0.15, 0.2) is 48.5 Å². The van der Waals surface area contributed by atoms with Gasteiger partial charge >= 0.3 is 0 Å². The Labute approximate surface area is 138 Å². The van der Waals surface area contributed by atoms with Crippen LogP contribution in [0.2, 0.25) is 0 Å². The number of nitrogens with one attached hydrogen (secondary N) is 1. The third-order valence-electron chi connectivity index (χ3n) is 3.64. The molecule has 0 aliphatic rings. The second-order valence-electron chi connectivity index (χ2n) is 5.80. The molecule has 4 nitrogen and oxygen atoms in total. The Kier molecular flexibility index (Phi) is 5.66. The van der Waals surface area contributed by atoms with Crippen LogP contribution in [0.3, 0.4) is 0 Å². The summed E-state index contributed by atoms with van der Waals surface area (Å²) in [4.78, 5) is 0. The number of anilines is 1. The normalized spacial score (nSPS) is 11.5. The van der Waals surface area contributed by atoms with Crippen molar-refractivity contribution in [1.82, 2.24) is 0 Å². The van der Waals surface area contributed by atoms with Gasteiger partial charge in [0.2, 0.25) is 10.0 Å².